The van der Waals surface area contributed by atoms with Gasteiger partial charge < -0.3 is 5.32 Å². The number of halogens is 3. The summed E-state index contributed by atoms with van der Waals surface area (Å²) in [7, 11) is -1.03. The minimum Gasteiger partial charge on any atom is -0.325 e. The average molecular weight is 431 g/mol. The van der Waals surface area contributed by atoms with E-state index in [9.17, 15) is 26.4 Å². The van der Waals surface area contributed by atoms with Crippen molar-refractivity contribution in [1.82, 2.24) is 18.8 Å². The SMILES string of the molecule is Cc1c([C@H]2C[C@@H](C(=O)Nc3cccc(C(F)(F)F)c3)N(C)S(=O)(=O)N2)cnn1C. The number of amides is 1. The van der Waals surface area contributed by atoms with E-state index in [1.54, 1.807) is 18.7 Å². The van der Waals surface area contributed by atoms with E-state index in [-0.39, 0.29) is 12.1 Å². The summed E-state index contributed by atoms with van der Waals surface area (Å²) in [4.78, 5) is 12.7. The third kappa shape index (κ3) is 4.28. The Bertz CT molecular complexity index is 1040. The van der Waals surface area contributed by atoms with Crippen molar-refractivity contribution in [2.75, 3.05) is 12.4 Å². The van der Waals surface area contributed by atoms with Crippen LogP contribution in [0.25, 0.3) is 0 Å². The summed E-state index contributed by atoms with van der Waals surface area (Å²) < 4.78 is 68.6. The second-order valence-electron chi connectivity index (χ2n) is 6.82. The van der Waals surface area contributed by atoms with Crippen LogP contribution < -0.4 is 10.0 Å². The van der Waals surface area contributed by atoms with Gasteiger partial charge in [-0.25, -0.2) is 0 Å². The summed E-state index contributed by atoms with van der Waals surface area (Å²) in [5, 5.41) is 6.48. The van der Waals surface area contributed by atoms with E-state index in [4.69, 9.17) is 0 Å². The quantitative estimate of drug-likeness (QED) is 0.777. The molecule has 0 bridgehead atoms. The molecule has 0 unspecified atom stereocenters. The summed E-state index contributed by atoms with van der Waals surface area (Å²) in [6, 6.07) is 2.37. The molecule has 2 aromatic rings. The van der Waals surface area contributed by atoms with Crippen molar-refractivity contribution in [3.63, 3.8) is 0 Å². The van der Waals surface area contributed by atoms with Crippen LogP contribution in [0.1, 0.15) is 29.3 Å². The highest BCUT2D eigenvalue weighted by Gasteiger charge is 2.41. The van der Waals surface area contributed by atoms with Crippen molar-refractivity contribution >= 4 is 21.8 Å². The first-order chi connectivity index (χ1) is 13.4. The normalized spacial score (nSPS) is 22.4. The number of nitrogens with zero attached hydrogens (tertiary/aromatic N) is 3. The van der Waals surface area contributed by atoms with Crippen LogP contribution in [-0.4, -0.2) is 41.5 Å². The molecule has 1 aromatic carbocycles. The Labute approximate surface area is 165 Å². The number of rotatable bonds is 3. The van der Waals surface area contributed by atoms with E-state index in [0.29, 0.717) is 5.56 Å². The number of hydrogen-bond acceptors (Lipinski definition) is 4. The van der Waals surface area contributed by atoms with Crippen molar-refractivity contribution in [3.05, 3.63) is 47.3 Å². The average Bonchev–Trinajstić information content (AvgIpc) is 2.95. The highest BCUT2D eigenvalue weighted by Crippen LogP contribution is 2.32. The molecule has 1 aromatic heterocycles. The monoisotopic (exact) mass is 431 g/mol. The van der Waals surface area contributed by atoms with E-state index < -0.39 is 39.9 Å². The molecule has 12 heteroatoms. The molecule has 0 spiro atoms. The van der Waals surface area contributed by atoms with Crippen molar-refractivity contribution in [2.45, 2.75) is 31.6 Å². The molecule has 8 nitrogen and oxygen atoms in total. The fourth-order valence-corrected chi connectivity index (χ4v) is 4.44. The molecule has 1 fully saturated rings. The number of likely N-dealkylation sites (N-methyl/N-ethyl adjacent to an activating group) is 1. The first kappa shape index (κ1) is 21.3. The number of anilines is 1. The van der Waals surface area contributed by atoms with Crippen molar-refractivity contribution in [2.24, 2.45) is 7.05 Å². The van der Waals surface area contributed by atoms with E-state index in [0.717, 1.165) is 22.1 Å². The molecular weight excluding hydrogens is 411 g/mol. The molecule has 0 aliphatic carbocycles. The Morgan fingerprint density at radius 3 is 2.59 bits per heavy atom. The molecular formula is C17H20F3N5O3S. The molecule has 1 aliphatic rings. The Hall–Kier alpha value is -2.44. The summed E-state index contributed by atoms with van der Waals surface area (Å²) >= 11 is 0. The molecule has 29 heavy (non-hydrogen) atoms. The fourth-order valence-electron chi connectivity index (χ4n) is 3.17. The fraction of sp³-hybridized carbons (Fsp3) is 0.412. The predicted molar refractivity (Wildman–Crippen MR) is 99.0 cm³/mol. The standard InChI is InChI=1S/C17H20F3N5O3S/c1-10-13(9-21-24(10)2)14-8-15(25(3)29(27,28)23-14)16(26)22-12-6-4-5-11(7-12)17(18,19)20/h4-7,9,14-15,23H,8H2,1-3H3,(H,22,26)/t14-,15+/m1/s1. The van der Waals surface area contributed by atoms with E-state index in [1.165, 1.54) is 25.4 Å². The smallest absolute Gasteiger partial charge is 0.325 e. The molecule has 1 aliphatic heterocycles. The number of nitrogens with one attached hydrogen (secondary N) is 2. The van der Waals surface area contributed by atoms with E-state index in [2.05, 4.69) is 15.1 Å². The lowest BCUT2D eigenvalue weighted by atomic mass is 10.00. The van der Waals surface area contributed by atoms with E-state index >= 15 is 0 Å². The third-order valence-corrected chi connectivity index (χ3v) is 6.57. The van der Waals surface area contributed by atoms with Crippen LogP contribution in [0.4, 0.5) is 18.9 Å². The number of carbonyl (C=O) groups is 1. The minimum atomic E-state index is -4.56. The van der Waals surface area contributed by atoms with Gasteiger partial charge in [-0.2, -0.15) is 35.7 Å². The Morgan fingerprint density at radius 1 is 1.31 bits per heavy atom. The molecule has 158 valence electrons. The topological polar surface area (TPSA) is 96.3 Å². The van der Waals surface area contributed by atoms with Gasteiger partial charge in [-0.1, -0.05) is 6.07 Å². The van der Waals surface area contributed by atoms with Gasteiger partial charge in [-0.3, -0.25) is 9.48 Å². The predicted octanol–water partition coefficient (Wildman–Crippen LogP) is 1.97. The molecule has 2 atom stereocenters. The zero-order chi connectivity index (χ0) is 21.6. The van der Waals surface area contributed by atoms with Crippen LogP contribution >= 0.6 is 0 Å². The van der Waals surface area contributed by atoms with Gasteiger partial charge in [0.1, 0.15) is 6.04 Å². The first-order valence-corrected chi connectivity index (χ1v) is 10.1. The lowest BCUT2D eigenvalue weighted by Gasteiger charge is -2.36. The maximum Gasteiger partial charge on any atom is 0.416 e. The zero-order valence-corrected chi connectivity index (χ0v) is 16.7. The van der Waals surface area contributed by atoms with Crippen LogP contribution in [0, 0.1) is 6.92 Å². The second-order valence-corrected chi connectivity index (χ2v) is 8.58. The summed E-state index contributed by atoms with van der Waals surface area (Å²) in [6.45, 7) is 1.77. The van der Waals surface area contributed by atoms with Gasteiger partial charge >= 0.3 is 6.18 Å². The van der Waals surface area contributed by atoms with Gasteiger partial charge in [-0.15, -0.1) is 0 Å². The van der Waals surface area contributed by atoms with Gasteiger partial charge in [0, 0.05) is 31.0 Å². The zero-order valence-electron chi connectivity index (χ0n) is 15.9. The maximum absolute atomic E-state index is 12.9. The lowest BCUT2D eigenvalue weighted by Crippen LogP contribution is -2.56. The first-order valence-electron chi connectivity index (χ1n) is 8.62. The van der Waals surface area contributed by atoms with Gasteiger partial charge in [0.05, 0.1) is 17.8 Å². The Kier molecular flexibility index (Phi) is 5.45. The summed E-state index contributed by atoms with van der Waals surface area (Å²) in [5.74, 6) is -0.719. The number of aryl methyl sites for hydroxylation is 1. The van der Waals surface area contributed by atoms with Crippen LogP contribution in [0.3, 0.4) is 0 Å². The molecule has 0 saturated carbocycles. The number of alkyl halides is 3. The highest BCUT2D eigenvalue weighted by molar-refractivity contribution is 7.87. The van der Waals surface area contributed by atoms with Crippen molar-refractivity contribution < 1.29 is 26.4 Å². The van der Waals surface area contributed by atoms with Gasteiger partial charge in [0.25, 0.3) is 10.2 Å². The lowest BCUT2D eigenvalue weighted by molar-refractivity contribution is -0.137. The summed E-state index contributed by atoms with van der Waals surface area (Å²) in [6.07, 6.45) is -2.94. The molecule has 1 saturated heterocycles. The van der Waals surface area contributed by atoms with Crippen LogP contribution in [0.5, 0.6) is 0 Å². The molecule has 1 amide bonds. The second kappa shape index (κ2) is 7.43. The van der Waals surface area contributed by atoms with Gasteiger partial charge in [0.2, 0.25) is 5.91 Å². The largest absolute Gasteiger partial charge is 0.416 e. The van der Waals surface area contributed by atoms with Crippen LogP contribution in [0.15, 0.2) is 30.5 Å². The van der Waals surface area contributed by atoms with E-state index in [1.807, 2.05) is 0 Å². The molecule has 2 N–H and O–H groups in total. The van der Waals surface area contributed by atoms with Gasteiger partial charge in [-0.05, 0) is 31.5 Å². The van der Waals surface area contributed by atoms with Crippen molar-refractivity contribution in [1.29, 1.82) is 0 Å². The van der Waals surface area contributed by atoms with Crippen molar-refractivity contribution in [3.8, 4) is 0 Å². The third-order valence-electron chi connectivity index (χ3n) is 4.98. The maximum atomic E-state index is 12.9. The minimum absolute atomic E-state index is 0.0664. The highest BCUT2D eigenvalue weighted by atomic mass is 32.2. The molecule has 2 heterocycles. The number of aromatic nitrogens is 2. The van der Waals surface area contributed by atoms with Crippen LogP contribution in [0.2, 0.25) is 0 Å². The summed E-state index contributed by atoms with van der Waals surface area (Å²) in [5.41, 5.74) is 0.383. The molecule has 0 radical (unpaired) electrons. The Morgan fingerprint density at radius 2 is 2.00 bits per heavy atom. The van der Waals surface area contributed by atoms with Gasteiger partial charge in [0.15, 0.2) is 0 Å². The number of carbonyl (C=O) groups excluding carboxylic acids is 1. The number of benzene rings is 1. The Balaban J connectivity index is 1.86. The number of hydrogen-bond donors (Lipinski definition) is 2. The molecule has 3 rings (SSSR count). The van der Waals surface area contributed by atoms with Crippen LogP contribution in [-0.2, 0) is 28.2 Å².